The molecular weight excluding hydrogens is 474 g/mol. The average molecular weight is 496 g/mol. The zero-order chi connectivity index (χ0) is 24.2. The van der Waals surface area contributed by atoms with Crippen LogP contribution >= 0.6 is 22.9 Å². The first-order valence-corrected chi connectivity index (χ1v) is 11.7. The van der Waals surface area contributed by atoms with Gasteiger partial charge in [0.15, 0.2) is 11.5 Å². The topological polar surface area (TPSA) is 82.5 Å². The molecule has 9 heteroatoms. The maximum atomic E-state index is 13.2. The number of hydrogen-bond acceptors (Lipinski definition) is 6. The molecule has 0 radical (unpaired) electrons. The third kappa shape index (κ3) is 4.69. The maximum absolute atomic E-state index is 13.2. The van der Waals surface area contributed by atoms with Crippen LogP contribution in [0.3, 0.4) is 0 Å². The van der Waals surface area contributed by atoms with Crippen molar-refractivity contribution in [2.45, 2.75) is 13.8 Å². The zero-order valence-corrected chi connectivity index (χ0v) is 20.4. The van der Waals surface area contributed by atoms with E-state index in [1.165, 1.54) is 30.8 Å². The zero-order valence-electron chi connectivity index (χ0n) is 18.8. The van der Waals surface area contributed by atoms with Crippen LogP contribution < -0.4 is 20.5 Å². The number of halogens is 1. The molecule has 2 heterocycles. The highest BCUT2D eigenvalue weighted by Crippen LogP contribution is 2.37. The molecule has 0 saturated carbocycles. The quantitative estimate of drug-likeness (QED) is 0.353. The third-order valence-corrected chi connectivity index (χ3v) is 6.34. The molecule has 0 atom stereocenters. The van der Waals surface area contributed by atoms with Gasteiger partial charge in [0.05, 0.1) is 24.1 Å². The number of nitrogens with one attached hydrogen (secondary N) is 1. The first-order valence-electron chi connectivity index (χ1n) is 10.5. The molecular formula is C25H22ClN3O4S. The van der Waals surface area contributed by atoms with Gasteiger partial charge in [0.1, 0.15) is 11.2 Å². The van der Waals surface area contributed by atoms with Crippen molar-refractivity contribution in [3.8, 4) is 22.6 Å². The Morgan fingerprint density at radius 1 is 1.26 bits per heavy atom. The Morgan fingerprint density at radius 3 is 2.74 bits per heavy atom. The Hall–Kier alpha value is -3.62. The summed E-state index contributed by atoms with van der Waals surface area (Å²) in [7, 11) is 1.51. The normalized spacial score (nSPS) is 11.2. The molecule has 0 aliphatic carbocycles. The van der Waals surface area contributed by atoms with Crippen LogP contribution in [-0.4, -0.2) is 29.3 Å². The molecule has 0 fully saturated rings. The second-order valence-corrected chi connectivity index (χ2v) is 8.89. The average Bonchev–Trinajstić information content (AvgIpc) is 3.17. The monoisotopic (exact) mass is 495 g/mol. The standard InChI is InChI=1S/C25H22ClN3O4S/c1-4-33-19-13-16(12-18(26)23(19)32-3)10-11-20(30)28-29-14-27-24-22(25(29)31)21(15(2)34-24)17-8-6-5-7-9-17/h5-14H,4H2,1-3H3,(H,28,30)/b11-10+. The van der Waals surface area contributed by atoms with E-state index in [1.807, 2.05) is 44.2 Å². The van der Waals surface area contributed by atoms with Crippen molar-refractivity contribution in [1.29, 1.82) is 0 Å². The van der Waals surface area contributed by atoms with Gasteiger partial charge < -0.3 is 9.47 Å². The lowest BCUT2D eigenvalue weighted by molar-refractivity contribution is -0.112. The summed E-state index contributed by atoms with van der Waals surface area (Å²) in [4.78, 5) is 31.8. The number of benzene rings is 2. The molecule has 4 aromatic rings. The van der Waals surface area contributed by atoms with E-state index in [0.29, 0.717) is 38.9 Å². The molecule has 0 bridgehead atoms. The number of fused-ring (bicyclic) bond motifs is 1. The molecule has 0 aliphatic rings. The van der Waals surface area contributed by atoms with Crippen LogP contribution in [0, 0.1) is 6.92 Å². The highest BCUT2D eigenvalue weighted by atomic mass is 35.5. The highest BCUT2D eigenvalue weighted by molar-refractivity contribution is 7.19. The number of aryl methyl sites for hydroxylation is 1. The van der Waals surface area contributed by atoms with E-state index in [0.717, 1.165) is 20.7 Å². The summed E-state index contributed by atoms with van der Waals surface area (Å²) in [5, 5.41) is 0.837. The van der Waals surface area contributed by atoms with Gasteiger partial charge in [-0.3, -0.25) is 15.0 Å². The molecule has 1 amide bonds. The smallest absolute Gasteiger partial charge is 0.281 e. The molecule has 34 heavy (non-hydrogen) atoms. The van der Waals surface area contributed by atoms with E-state index in [4.69, 9.17) is 21.1 Å². The molecule has 4 rings (SSSR count). The van der Waals surface area contributed by atoms with Gasteiger partial charge in [-0.25, -0.2) is 9.66 Å². The van der Waals surface area contributed by atoms with Crippen molar-refractivity contribution in [2.75, 3.05) is 19.1 Å². The molecule has 0 saturated heterocycles. The third-order valence-electron chi connectivity index (χ3n) is 5.04. The minimum atomic E-state index is -0.499. The number of amides is 1. The fourth-order valence-electron chi connectivity index (χ4n) is 3.61. The van der Waals surface area contributed by atoms with Crippen molar-refractivity contribution >= 4 is 45.1 Å². The van der Waals surface area contributed by atoms with Crippen molar-refractivity contribution in [1.82, 2.24) is 9.66 Å². The summed E-state index contributed by atoms with van der Waals surface area (Å²) in [5.41, 5.74) is 4.62. The molecule has 0 unspecified atom stereocenters. The summed E-state index contributed by atoms with van der Waals surface area (Å²) < 4.78 is 11.9. The number of ether oxygens (including phenoxy) is 2. The van der Waals surface area contributed by atoms with Gasteiger partial charge in [0.2, 0.25) is 0 Å². The van der Waals surface area contributed by atoms with Crippen molar-refractivity contribution in [3.05, 3.63) is 80.7 Å². The van der Waals surface area contributed by atoms with E-state index in [2.05, 4.69) is 10.4 Å². The van der Waals surface area contributed by atoms with Crippen molar-refractivity contribution in [2.24, 2.45) is 0 Å². The van der Waals surface area contributed by atoms with Crippen LogP contribution in [0.1, 0.15) is 17.4 Å². The van der Waals surface area contributed by atoms with Crippen LogP contribution in [0.25, 0.3) is 27.4 Å². The van der Waals surface area contributed by atoms with Crippen molar-refractivity contribution < 1.29 is 14.3 Å². The maximum Gasteiger partial charge on any atom is 0.281 e. The van der Waals surface area contributed by atoms with E-state index in [9.17, 15) is 9.59 Å². The fourth-order valence-corrected chi connectivity index (χ4v) is 4.91. The molecule has 1 N–H and O–H groups in total. The number of rotatable bonds is 7. The predicted octanol–water partition coefficient (Wildman–Crippen LogP) is 5.28. The number of carbonyl (C=O) groups is 1. The molecule has 0 spiro atoms. The van der Waals surface area contributed by atoms with Crippen LogP contribution in [0.4, 0.5) is 0 Å². The van der Waals surface area contributed by atoms with E-state index >= 15 is 0 Å². The lowest BCUT2D eigenvalue weighted by atomic mass is 10.0. The predicted molar refractivity (Wildman–Crippen MR) is 137 cm³/mol. The lowest BCUT2D eigenvalue weighted by Crippen LogP contribution is -2.32. The van der Waals surface area contributed by atoms with Crippen LogP contribution in [0.15, 0.2) is 59.7 Å². The Bertz CT molecular complexity index is 1440. The lowest BCUT2D eigenvalue weighted by Gasteiger charge is -2.11. The first kappa shape index (κ1) is 23.5. The second-order valence-electron chi connectivity index (χ2n) is 7.28. The summed E-state index contributed by atoms with van der Waals surface area (Å²) in [5.74, 6) is 0.405. The van der Waals surface area contributed by atoms with Gasteiger partial charge in [-0.05, 0) is 43.2 Å². The van der Waals surface area contributed by atoms with Gasteiger partial charge in [-0.15, -0.1) is 11.3 Å². The van der Waals surface area contributed by atoms with Gasteiger partial charge in [0.25, 0.3) is 11.5 Å². The van der Waals surface area contributed by atoms with Gasteiger partial charge in [0, 0.05) is 16.5 Å². The van der Waals surface area contributed by atoms with Crippen LogP contribution in [0.2, 0.25) is 5.02 Å². The van der Waals surface area contributed by atoms with Gasteiger partial charge in [-0.2, -0.15) is 0 Å². The molecule has 174 valence electrons. The molecule has 2 aromatic carbocycles. The summed E-state index contributed by atoms with van der Waals surface area (Å²) in [6.45, 7) is 4.24. The second kappa shape index (κ2) is 10.1. The number of nitrogens with zero attached hydrogens (tertiary/aromatic N) is 2. The van der Waals surface area contributed by atoms with Crippen LogP contribution in [0.5, 0.6) is 11.5 Å². The fraction of sp³-hybridized carbons (Fsp3) is 0.160. The molecule has 2 aromatic heterocycles. The van der Waals surface area contributed by atoms with Crippen LogP contribution in [-0.2, 0) is 4.79 Å². The molecule has 0 aliphatic heterocycles. The number of aromatic nitrogens is 2. The summed E-state index contributed by atoms with van der Waals surface area (Å²) in [6.07, 6.45) is 4.20. The Labute approximate surface area is 205 Å². The minimum Gasteiger partial charge on any atom is -0.491 e. The van der Waals surface area contributed by atoms with E-state index in [-0.39, 0.29) is 5.56 Å². The van der Waals surface area contributed by atoms with Gasteiger partial charge in [-0.1, -0.05) is 41.9 Å². The number of methoxy groups -OCH3 is 1. The number of thiophene rings is 1. The highest BCUT2D eigenvalue weighted by Gasteiger charge is 2.17. The SMILES string of the molecule is CCOc1cc(/C=C/C(=O)Nn2cnc3sc(C)c(-c4ccccc4)c3c2=O)cc(Cl)c1OC. The minimum absolute atomic E-state index is 0.346. The largest absolute Gasteiger partial charge is 0.491 e. The van der Waals surface area contributed by atoms with Gasteiger partial charge >= 0.3 is 0 Å². The summed E-state index contributed by atoms with van der Waals surface area (Å²) in [6, 6.07) is 13.0. The first-order chi connectivity index (χ1) is 16.4. The summed E-state index contributed by atoms with van der Waals surface area (Å²) >= 11 is 7.71. The molecule has 7 nitrogen and oxygen atoms in total. The number of hydrogen-bond donors (Lipinski definition) is 1. The van der Waals surface area contributed by atoms with E-state index < -0.39 is 5.91 Å². The van der Waals surface area contributed by atoms with Crippen molar-refractivity contribution in [3.63, 3.8) is 0 Å². The Balaban J connectivity index is 1.62. The van der Waals surface area contributed by atoms with E-state index in [1.54, 1.807) is 18.2 Å². The Morgan fingerprint density at radius 2 is 2.03 bits per heavy atom. The Kier molecular flexibility index (Phi) is 7.00. The number of carbonyl (C=O) groups excluding carboxylic acids is 1.